The lowest BCUT2D eigenvalue weighted by molar-refractivity contribution is -0.125. The number of methoxy groups -OCH3 is 1. The van der Waals surface area contributed by atoms with Crippen molar-refractivity contribution in [3.05, 3.63) is 60.2 Å². The number of rotatable bonds is 8. The molecule has 1 heterocycles. The summed E-state index contributed by atoms with van der Waals surface area (Å²) in [5.74, 6) is 1.43. The van der Waals surface area contributed by atoms with Gasteiger partial charge in [0.05, 0.1) is 18.6 Å². The second kappa shape index (κ2) is 9.42. The smallest absolute Gasteiger partial charge is 0.232 e. The molecule has 0 aliphatic carbocycles. The number of thioether (sulfide) groups is 1. The van der Waals surface area contributed by atoms with Gasteiger partial charge in [-0.05, 0) is 36.4 Å². The highest BCUT2D eigenvalue weighted by Gasteiger charge is 2.19. The lowest BCUT2D eigenvalue weighted by Gasteiger charge is -2.13. The standard InChI is InChI=1S/C20H21FN4O3S/c1-24(2)19(26)13-29-20-23-22-18(25(20)17-7-5-4-6-16(17)21)12-28-15-10-8-14(27-3)9-11-15/h4-11H,12-13H2,1-3H3. The molecule has 0 saturated carbocycles. The minimum Gasteiger partial charge on any atom is -0.497 e. The number of hydrogen-bond acceptors (Lipinski definition) is 6. The highest BCUT2D eigenvalue weighted by Crippen LogP contribution is 2.25. The van der Waals surface area contributed by atoms with E-state index in [2.05, 4.69) is 10.2 Å². The fraction of sp³-hybridized carbons (Fsp3) is 0.250. The molecule has 3 rings (SSSR count). The van der Waals surface area contributed by atoms with Crippen molar-refractivity contribution in [3.8, 4) is 17.2 Å². The van der Waals surface area contributed by atoms with Gasteiger partial charge in [-0.25, -0.2) is 4.39 Å². The maximum atomic E-state index is 14.5. The van der Waals surface area contributed by atoms with Gasteiger partial charge in [0.25, 0.3) is 0 Å². The highest BCUT2D eigenvalue weighted by atomic mass is 32.2. The third kappa shape index (κ3) is 5.05. The topological polar surface area (TPSA) is 69.5 Å². The van der Waals surface area contributed by atoms with E-state index in [4.69, 9.17) is 9.47 Å². The monoisotopic (exact) mass is 416 g/mol. The molecule has 0 aliphatic heterocycles. The van der Waals surface area contributed by atoms with Crippen LogP contribution in [-0.4, -0.2) is 52.5 Å². The SMILES string of the molecule is COc1ccc(OCc2nnc(SCC(=O)N(C)C)n2-c2ccccc2F)cc1. The van der Waals surface area contributed by atoms with Crippen LogP contribution in [-0.2, 0) is 11.4 Å². The normalized spacial score (nSPS) is 10.6. The van der Waals surface area contributed by atoms with E-state index in [1.807, 2.05) is 0 Å². The molecule has 0 aliphatic rings. The Labute approximate surface area is 172 Å². The number of nitrogens with zero attached hydrogens (tertiary/aromatic N) is 4. The molecule has 0 N–H and O–H groups in total. The van der Waals surface area contributed by atoms with Gasteiger partial charge in [-0.15, -0.1) is 10.2 Å². The summed E-state index contributed by atoms with van der Waals surface area (Å²) in [6, 6.07) is 13.4. The number of hydrogen-bond donors (Lipinski definition) is 0. The summed E-state index contributed by atoms with van der Waals surface area (Å²) in [6.45, 7) is 0.0792. The minimum absolute atomic E-state index is 0.0749. The van der Waals surface area contributed by atoms with Crippen LogP contribution in [0.1, 0.15) is 5.82 Å². The first-order valence-corrected chi connectivity index (χ1v) is 9.77. The summed E-state index contributed by atoms with van der Waals surface area (Å²) in [6.07, 6.45) is 0. The number of benzene rings is 2. The van der Waals surface area contributed by atoms with Crippen LogP contribution < -0.4 is 9.47 Å². The van der Waals surface area contributed by atoms with Gasteiger partial charge in [0, 0.05) is 14.1 Å². The largest absolute Gasteiger partial charge is 0.497 e. The third-order valence-corrected chi connectivity index (χ3v) is 4.96. The Morgan fingerprint density at radius 3 is 2.45 bits per heavy atom. The van der Waals surface area contributed by atoms with Crippen molar-refractivity contribution in [3.63, 3.8) is 0 Å². The lowest BCUT2D eigenvalue weighted by atomic mass is 10.3. The minimum atomic E-state index is -0.418. The van der Waals surface area contributed by atoms with E-state index in [0.717, 1.165) is 5.75 Å². The molecule has 29 heavy (non-hydrogen) atoms. The Hall–Kier alpha value is -3.07. The average molecular weight is 416 g/mol. The molecule has 0 radical (unpaired) electrons. The molecule has 0 atom stereocenters. The third-order valence-electron chi connectivity index (χ3n) is 4.04. The Kier molecular flexibility index (Phi) is 6.71. The summed E-state index contributed by atoms with van der Waals surface area (Å²) < 4.78 is 27.0. The summed E-state index contributed by atoms with van der Waals surface area (Å²) >= 11 is 1.19. The number of aromatic nitrogens is 3. The fourth-order valence-corrected chi connectivity index (χ4v) is 3.38. The number of carbonyl (C=O) groups is 1. The molecule has 2 aromatic carbocycles. The summed E-state index contributed by atoms with van der Waals surface area (Å²) in [4.78, 5) is 13.4. The molecule has 0 saturated heterocycles. The summed E-state index contributed by atoms with van der Waals surface area (Å²) in [5.41, 5.74) is 0.297. The van der Waals surface area contributed by atoms with Crippen molar-refractivity contribution in [2.75, 3.05) is 27.0 Å². The van der Waals surface area contributed by atoms with E-state index in [0.29, 0.717) is 22.4 Å². The number of para-hydroxylation sites is 1. The van der Waals surface area contributed by atoms with Gasteiger partial charge in [-0.1, -0.05) is 23.9 Å². The molecular weight excluding hydrogens is 395 g/mol. The molecule has 0 spiro atoms. The van der Waals surface area contributed by atoms with Crippen molar-refractivity contribution in [2.45, 2.75) is 11.8 Å². The van der Waals surface area contributed by atoms with Gasteiger partial charge in [-0.3, -0.25) is 9.36 Å². The lowest BCUT2D eigenvalue weighted by Crippen LogP contribution is -2.23. The van der Waals surface area contributed by atoms with Gasteiger partial charge in [-0.2, -0.15) is 0 Å². The number of carbonyl (C=O) groups excluding carboxylic acids is 1. The number of halogens is 1. The van der Waals surface area contributed by atoms with Gasteiger partial charge in [0.15, 0.2) is 11.0 Å². The molecule has 0 bridgehead atoms. The molecule has 0 unspecified atom stereocenters. The van der Waals surface area contributed by atoms with Gasteiger partial charge >= 0.3 is 0 Å². The van der Waals surface area contributed by atoms with Gasteiger partial charge in [0.1, 0.15) is 23.9 Å². The van der Waals surface area contributed by atoms with Crippen molar-refractivity contribution in [1.29, 1.82) is 0 Å². The first kappa shape index (κ1) is 20.7. The Bertz CT molecular complexity index is 976. The zero-order valence-corrected chi connectivity index (χ0v) is 17.1. The predicted molar refractivity (Wildman–Crippen MR) is 108 cm³/mol. The van der Waals surface area contributed by atoms with Crippen LogP contribution in [0.15, 0.2) is 53.7 Å². The fourth-order valence-electron chi connectivity index (χ4n) is 2.44. The molecular formula is C20H21FN4O3S. The molecule has 152 valence electrons. The quantitative estimate of drug-likeness (QED) is 0.526. The molecule has 7 nitrogen and oxygen atoms in total. The predicted octanol–water partition coefficient (Wildman–Crippen LogP) is 3.17. The van der Waals surface area contributed by atoms with Gasteiger partial charge < -0.3 is 14.4 Å². The Morgan fingerprint density at radius 1 is 1.10 bits per heavy atom. The zero-order chi connectivity index (χ0) is 20.8. The zero-order valence-electron chi connectivity index (χ0n) is 16.3. The molecule has 1 amide bonds. The van der Waals surface area contributed by atoms with Crippen molar-refractivity contribution in [2.24, 2.45) is 0 Å². The Balaban J connectivity index is 1.85. The maximum absolute atomic E-state index is 14.5. The van der Waals surface area contributed by atoms with Crippen LogP contribution in [0.5, 0.6) is 11.5 Å². The van der Waals surface area contributed by atoms with Crippen LogP contribution >= 0.6 is 11.8 Å². The van der Waals surface area contributed by atoms with E-state index in [-0.39, 0.29) is 18.3 Å². The van der Waals surface area contributed by atoms with Crippen molar-refractivity contribution in [1.82, 2.24) is 19.7 Å². The summed E-state index contributed by atoms with van der Waals surface area (Å²) in [5, 5.41) is 8.71. The van der Waals surface area contributed by atoms with E-state index >= 15 is 0 Å². The molecule has 9 heteroatoms. The van der Waals surface area contributed by atoms with Crippen LogP contribution in [0, 0.1) is 5.82 Å². The average Bonchev–Trinajstić information content (AvgIpc) is 3.13. The molecule has 0 fully saturated rings. The second-order valence-electron chi connectivity index (χ2n) is 6.23. The van der Waals surface area contributed by atoms with Gasteiger partial charge in [0.2, 0.25) is 5.91 Å². The molecule has 3 aromatic rings. The number of amides is 1. The van der Waals surface area contributed by atoms with E-state index < -0.39 is 5.82 Å². The maximum Gasteiger partial charge on any atom is 0.232 e. The van der Waals surface area contributed by atoms with E-state index in [1.54, 1.807) is 68.2 Å². The second-order valence-corrected chi connectivity index (χ2v) is 7.17. The van der Waals surface area contributed by atoms with E-state index in [1.165, 1.54) is 22.7 Å². The van der Waals surface area contributed by atoms with Crippen LogP contribution in [0.25, 0.3) is 5.69 Å². The highest BCUT2D eigenvalue weighted by molar-refractivity contribution is 7.99. The summed E-state index contributed by atoms with van der Waals surface area (Å²) in [7, 11) is 4.95. The van der Waals surface area contributed by atoms with E-state index in [9.17, 15) is 9.18 Å². The first-order chi connectivity index (χ1) is 14.0. The van der Waals surface area contributed by atoms with Crippen LogP contribution in [0.2, 0.25) is 0 Å². The van der Waals surface area contributed by atoms with Crippen LogP contribution in [0.3, 0.4) is 0 Å². The van der Waals surface area contributed by atoms with Crippen LogP contribution in [0.4, 0.5) is 4.39 Å². The van der Waals surface area contributed by atoms with Crippen molar-refractivity contribution < 1.29 is 18.7 Å². The Morgan fingerprint density at radius 2 is 1.79 bits per heavy atom. The molecule has 1 aromatic heterocycles. The first-order valence-electron chi connectivity index (χ1n) is 8.78. The number of ether oxygens (including phenoxy) is 2. The van der Waals surface area contributed by atoms with Crippen molar-refractivity contribution >= 4 is 17.7 Å².